The Labute approximate surface area is 116 Å². The molecule has 0 unspecified atom stereocenters. The fraction of sp³-hybridized carbons (Fsp3) is 0.812. The molecule has 1 aromatic heterocycles. The molecule has 0 aromatic carbocycles. The molecule has 0 bridgehead atoms. The average molecular weight is 261 g/mol. The summed E-state index contributed by atoms with van der Waals surface area (Å²) >= 11 is 0. The number of rotatable bonds is 5. The minimum absolute atomic E-state index is 0.546. The van der Waals surface area contributed by atoms with Gasteiger partial charge in [0, 0.05) is 29.8 Å². The summed E-state index contributed by atoms with van der Waals surface area (Å²) in [6.45, 7) is 5.40. The van der Waals surface area contributed by atoms with Crippen LogP contribution < -0.4 is 5.32 Å². The molecule has 1 heterocycles. The summed E-state index contributed by atoms with van der Waals surface area (Å²) in [7, 11) is 0. The summed E-state index contributed by atoms with van der Waals surface area (Å²) in [6, 6.07) is 1.22. The maximum atomic E-state index is 4.76. The monoisotopic (exact) mass is 261 g/mol. The van der Waals surface area contributed by atoms with Crippen molar-refractivity contribution in [2.24, 2.45) is 0 Å². The summed E-state index contributed by atoms with van der Waals surface area (Å²) in [4.78, 5) is 0. The number of hydrogen-bond acceptors (Lipinski definition) is 2. The van der Waals surface area contributed by atoms with E-state index in [-0.39, 0.29) is 0 Å². The van der Waals surface area contributed by atoms with E-state index in [0.717, 1.165) is 12.5 Å². The van der Waals surface area contributed by atoms with Crippen molar-refractivity contribution in [1.29, 1.82) is 0 Å². The molecule has 1 aromatic rings. The lowest BCUT2D eigenvalue weighted by Crippen LogP contribution is -2.23. The van der Waals surface area contributed by atoms with Crippen LogP contribution in [0.1, 0.15) is 82.0 Å². The summed E-state index contributed by atoms with van der Waals surface area (Å²) < 4.78 is 2.40. The molecule has 0 amide bonds. The van der Waals surface area contributed by atoms with Crippen molar-refractivity contribution < 1.29 is 0 Å². The third-order valence-corrected chi connectivity index (χ3v) is 4.50. The van der Waals surface area contributed by atoms with Gasteiger partial charge in [0.1, 0.15) is 0 Å². The molecule has 1 N–H and O–H groups in total. The second kappa shape index (κ2) is 5.66. The van der Waals surface area contributed by atoms with Crippen LogP contribution in [-0.2, 0) is 6.54 Å². The Kier molecular flexibility index (Phi) is 3.92. The van der Waals surface area contributed by atoms with Gasteiger partial charge in [-0.05, 0) is 25.7 Å². The van der Waals surface area contributed by atoms with Crippen molar-refractivity contribution in [2.45, 2.75) is 83.3 Å². The molecule has 19 heavy (non-hydrogen) atoms. The first-order chi connectivity index (χ1) is 9.25. The van der Waals surface area contributed by atoms with Gasteiger partial charge in [0.05, 0.1) is 12.2 Å². The standard InChI is InChI=1S/C16H27N3/c1-12(2)17-10-14-11-18-19(16(14)13-8-9-13)15-6-4-3-5-7-15/h11-13,15,17H,3-10H2,1-2H3. The fourth-order valence-electron chi connectivity index (χ4n) is 3.28. The Hall–Kier alpha value is -0.830. The van der Waals surface area contributed by atoms with Crippen LogP contribution in [0.2, 0.25) is 0 Å². The highest BCUT2D eigenvalue weighted by Crippen LogP contribution is 2.43. The number of hydrogen-bond donors (Lipinski definition) is 1. The van der Waals surface area contributed by atoms with Gasteiger partial charge in [0.2, 0.25) is 0 Å². The molecule has 3 nitrogen and oxygen atoms in total. The van der Waals surface area contributed by atoms with Gasteiger partial charge < -0.3 is 5.32 Å². The van der Waals surface area contributed by atoms with E-state index in [9.17, 15) is 0 Å². The molecule has 0 atom stereocenters. The Bertz CT molecular complexity index is 412. The van der Waals surface area contributed by atoms with Crippen molar-refractivity contribution >= 4 is 0 Å². The van der Waals surface area contributed by atoms with Gasteiger partial charge in [-0.1, -0.05) is 33.1 Å². The van der Waals surface area contributed by atoms with E-state index in [1.54, 1.807) is 5.69 Å². The van der Waals surface area contributed by atoms with Gasteiger partial charge in [0.25, 0.3) is 0 Å². The molecule has 3 rings (SSSR count). The van der Waals surface area contributed by atoms with Crippen molar-refractivity contribution in [3.63, 3.8) is 0 Å². The quantitative estimate of drug-likeness (QED) is 0.874. The van der Waals surface area contributed by atoms with Crippen molar-refractivity contribution in [3.05, 3.63) is 17.5 Å². The fourth-order valence-corrected chi connectivity index (χ4v) is 3.28. The molecule has 2 fully saturated rings. The number of nitrogens with one attached hydrogen (secondary N) is 1. The van der Waals surface area contributed by atoms with E-state index < -0.39 is 0 Å². The second-order valence-electron chi connectivity index (χ2n) is 6.60. The minimum Gasteiger partial charge on any atom is -0.310 e. The molecule has 106 valence electrons. The zero-order valence-electron chi connectivity index (χ0n) is 12.4. The van der Waals surface area contributed by atoms with Crippen LogP contribution in [0.5, 0.6) is 0 Å². The summed E-state index contributed by atoms with van der Waals surface area (Å²) in [6.07, 6.45) is 11.7. The van der Waals surface area contributed by atoms with E-state index in [4.69, 9.17) is 5.10 Å². The Morgan fingerprint density at radius 1 is 1.21 bits per heavy atom. The maximum Gasteiger partial charge on any atom is 0.0537 e. The van der Waals surface area contributed by atoms with Gasteiger partial charge in [-0.25, -0.2) is 0 Å². The second-order valence-corrected chi connectivity index (χ2v) is 6.60. The van der Waals surface area contributed by atoms with Crippen LogP contribution in [0.15, 0.2) is 6.20 Å². The first kappa shape index (κ1) is 13.2. The van der Waals surface area contributed by atoms with E-state index in [1.165, 1.54) is 50.5 Å². The van der Waals surface area contributed by atoms with Crippen LogP contribution in [-0.4, -0.2) is 15.8 Å². The average Bonchev–Trinajstić information content (AvgIpc) is 3.17. The summed E-state index contributed by atoms with van der Waals surface area (Å²) in [5, 5.41) is 8.30. The van der Waals surface area contributed by atoms with Crippen LogP contribution in [0.3, 0.4) is 0 Å². The predicted octanol–water partition coefficient (Wildman–Crippen LogP) is 3.76. The summed E-state index contributed by atoms with van der Waals surface area (Å²) in [5.41, 5.74) is 3.00. The highest BCUT2D eigenvalue weighted by atomic mass is 15.3. The molecular weight excluding hydrogens is 234 g/mol. The van der Waals surface area contributed by atoms with Gasteiger partial charge in [-0.3, -0.25) is 4.68 Å². The van der Waals surface area contributed by atoms with Gasteiger partial charge in [-0.2, -0.15) is 5.10 Å². The molecular formula is C16H27N3. The van der Waals surface area contributed by atoms with Crippen molar-refractivity contribution in [3.8, 4) is 0 Å². The van der Waals surface area contributed by atoms with E-state index in [1.807, 2.05) is 0 Å². The van der Waals surface area contributed by atoms with Gasteiger partial charge >= 0.3 is 0 Å². The minimum atomic E-state index is 0.546. The SMILES string of the molecule is CC(C)NCc1cnn(C2CCCCC2)c1C1CC1. The topological polar surface area (TPSA) is 29.9 Å². The molecule has 0 radical (unpaired) electrons. The van der Waals surface area contributed by atoms with E-state index in [0.29, 0.717) is 12.1 Å². The molecule has 2 saturated carbocycles. The lowest BCUT2D eigenvalue weighted by molar-refractivity contribution is 0.321. The molecule has 0 spiro atoms. The van der Waals surface area contributed by atoms with Crippen LogP contribution in [0, 0.1) is 0 Å². The normalized spacial score (nSPS) is 21.2. The first-order valence-electron chi connectivity index (χ1n) is 8.05. The van der Waals surface area contributed by atoms with Crippen LogP contribution in [0.4, 0.5) is 0 Å². The Morgan fingerprint density at radius 2 is 1.95 bits per heavy atom. The van der Waals surface area contributed by atoms with E-state index >= 15 is 0 Å². The highest BCUT2D eigenvalue weighted by Gasteiger charge is 2.32. The Balaban J connectivity index is 1.79. The molecule has 3 heteroatoms. The molecule has 0 aliphatic heterocycles. The van der Waals surface area contributed by atoms with Crippen LogP contribution >= 0.6 is 0 Å². The molecule has 2 aliphatic rings. The van der Waals surface area contributed by atoms with Crippen molar-refractivity contribution in [2.75, 3.05) is 0 Å². The van der Waals surface area contributed by atoms with Crippen molar-refractivity contribution in [1.82, 2.24) is 15.1 Å². The third kappa shape index (κ3) is 3.02. The zero-order chi connectivity index (χ0) is 13.2. The van der Waals surface area contributed by atoms with Crippen LogP contribution in [0.25, 0.3) is 0 Å². The zero-order valence-corrected chi connectivity index (χ0v) is 12.4. The molecule has 2 aliphatic carbocycles. The number of aromatic nitrogens is 2. The first-order valence-corrected chi connectivity index (χ1v) is 8.05. The maximum absolute atomic E-state index is 4.76. The smallest absolute Gasteiger partial charge is 0.0537 e. The van der Waals surface area contributed by atoms with Gasteiger partial charge in [0.15, 0.2) is 0 Å². The lowest BCUT2D eigenvalue weighted by atomic mass is 9.95. The number of nitrogens with zero attached hydrogens (tertiary/aromatic N) is 2. The van der Waals surface area contributed by atoms with Gasteiger partial charge in [-0.15, -0.1) is 0 Å². The largest absolute Gasteiger partial charge is 0.310 e. The molecule has 0 saturated heterocycles. The van der Waals surface area contributed by atoms with E-state index in [2.05, 4.69) is 30.0 Å². The Morgan fingerprint density at radius 3 is 2.58 bits per heavy atom. The lowest BCUT2D eigenvalue weighted by Gasteiger charge is -2.24. The summed E-state index contributed by atoms with van der Waals surface area (Å²) in [5.74, 6) is 0.799. The predicted molar refractivity (Wildman–Crippen MR) is 78.3 cm³/mol. The highest BCUT2D eigenvalue weighted by molar-refractivity contribution is 5.26. The third-order valence-electron chi connectivity index (χ3n) is 4.50.